The Hall–Kier alpha value is -2.71. The first-order chi connectivity index (χ1) is 13.5. The molecular weight excluding hydrogens is 392 g/mol. The SMILES string of the molecule is CCn1ccc(CNC(=S)Nc2sc(C)c(-c3ccccc3)c2C(=O)OC)n1. The molecule has 0 aliphatic rings. The molecule has 8 heteroatoms. The molecule has 1 aromatic carbocycles. The van der Waals surface area contributed by atoms with Crippen LogP contribution in [0.15, 0.2) is 42.6 Å². The van der Waals surface area contributed by atoms with Gasteiger partial charge in [0.25, 0.3) is 0 Å². The van der Waals surface area contributed by atoms with Gasteiger partial charge in [0.15, 0.2) is 5.11 Å². The standard InChI is InChI=1S/C20H22N4O2S2/c1-4-24-11-10-15(23-24)12-21-20(27)22-18-17(19(25)26-3)16(13(2)28-18)14-8-6-5-7-9-14/h5-11H,4,12H2,1-3H3,(H2,21,22,27). The summed E-state index contributed by atoms with van der Waals surface area (Å²) in [5.74, 6) is -0.393. The number of aromatic nitrogens is 2. The van der Waals surface area contributed by atoms with Crippen LogP contribution in [0.4, 0.5) is 5.00 Å². The fraction of sp³-hybridized carbons (Fsp3) is 0.250. The third-order valence-corrected chi connectivity index (χ3v) is 5.48. The zero-order valence-electron chi connectivity index (χ0n) is 16.0. The van der Waals surface area contributed by atoms with Crippen LogP contribution in [0.5, 0.6) is 0 Å². The highest BCUT2D eigenvalue weighted by Gasteiger charge is 2.24. The van der Waals surface area contributed by atoms with Gasteiger partial charge in [0.1, 0.15) is 10.6 Å². The Labute approximate surface area is 173 Å². The molecule has 0 atom stereocenters. The monoisotopic (exact) mass is 414 g/mol. The first-order valence-electron chi connectivity index (χ1n) is 8.87. The summed E-state index contributed by atoms with van der Waals surface area (Å²) >= 11 is 6.90. The van der Waals surface area contributed by atoms with Gasteiger partial charge in [-0.2, -0.15) is 5.10 Å². The van der Waals surface area contributed by atoms with Crippen molar-refractivity contribution in [3.05, 3.63) is 58.7 Å². The van der Waals surface area contributed by atoms with E-state index >= 15 is 0 Å². The minimum atomic E-state index is -0.393. The minimum Gasteiger partial charge on any atom is -0.465 e. The second-order valence-corrected chi connectivity index (χ2v) is 7.70. The summed E-state index contributed by atoms with van der Waals surface area (Å²) in [6, 6.07) is 11.7. The largest absolute Gasteiger partial charge is 0.465 e. The molecule has 6 nitrogen and oxygen atoms in total. The van der Waals surface area contributed by atoms with Crippen molar-refractivity contribution in [1.29, 1.82) is 0 Å². The Balaban J connectivity index is 1.81. The summed E-state index contributed by atoms with van der Waals surface area (Å²) in [4.78, 5) is 13.5. The number of thiocarbonyl (C=S) groups is 1. The maximum atomic E-state index is 12.5. The van der Waals surface area contributed by atoms with E-state index in [0.717, 1.165) is 28.2 Å². The van der Waals surface area contributed by atoms with Gasteiger partial charge in [0, 0.05) is 23.2 Å². The van der Waals surface area contributed by atoms with Crippen molar-refractivity contribution in [3.63, 3.8) is 0 Å². The van der Waals surface area contributed by atoms with E-state index in [1.165, 1.54) is 18.4 Å². The van der Waals surface area contributed by atoms with E-state index in [-0.39, 0.29) is 0 Å². The third kappa shape index (κ3) is 4.40. The molecule has 3 aromatic rings. The Morgan fingerprint density at radius 3 is 2.68 bits per heavy atom. The van der Waals surface area contributed by atoms with Gasteiger partial charge >= 0.3 is 5.97 Å². The first kappa shape index (κ1) is 20.0. The maximum Gasteiger partial charge on any atom is 0.341 e. The number of methoxy groups -OCH3 is 1. The Kier molecular flexibility index (Phi) is 6.43. The van der Waals surface area contributed by atoms with E-state index in [2.05, 4.69) is 15.7 Å². The second kappa shape index (κ2) is 8.99. The summed E-state index contributed by atoms with van der Waals surface area (Å²) in [6.07, 6.45) is 1.93. The van der Waals surface area contributed by atoms with Crippen molar-refractivity contribution in [2.75, 3.05) is 12.4 Å². The van der Waals surface area contributed by atoms with Crippen LogP contribution in [-0.2, 0) is 17.8 Å². The summed E-state index contributed by atoms with van der Waals surface area (Å²) < 4.78 is 6.89. The number of rotatable bonds is 6. The van der Waals surface area contributed by atoms with Crippen LogP contribution < -0.4 is 10.6 Å². The van der Waals surface area contributed by atoms with Gasteiger partial charge in [-0.25, -0.2) is 4.79 Å². The van der Waals surface area contributed by atoms with Crippen LogP contribution in [0.1, 0.15) is 27.9 Å². The number of nitrogens with zero attached hydrogens (tertiary/aromatic N) is 2. The van der Waals surface area contributed by atoms with Crippen molar-refractivity contribution in [3.8, 4) is 11.1 Å². The Morgan fingerprint density at radius 2 is 2.04 bits per heavy atom. The predicted octanol–water partition coefficient (Wildman–Crippen LogP) is 4.21. The van der Waals surface area contributed by atoms with Gasteiger partial charge in [-0.3, -0.25) is 4.68 Å². The van der Waals surface area contributed by atoms with Crippen molar-refractivity contribution in [2.45, 2.75) is 26.9 Å². The molecule has 0 unspecified atom stereocenters. The topological polar surface area (TPSA) is 68.2 Å². The van der Waals surface area contributed by atoms with Crippen LogP contribution in [-0.4, -0.2) is 28.0 Å². The number of esters is 1. The maximum absolute atomic E-state index is 12.5. The molecule has 0 fully saturated rings. The van der Waals surface area contributed by atoms with Crippen LogP contribution in [0.2, 0.25) is 0 Å². The number of benzene rings is 1. The smallest absolute Gasteiger partial charge is 0.341 e. The van der Waals surface area contributed by atoms with Crippen molar-refractivity contribution < 1.29 is 9.53 Å². The van der Waals surface area contributed by atoms with Gasteiger partial charge in [-0.15, -0.1) is 11.3 Å². The molecule has 28 heavy (non-hydrogen) atoms. The van der Waals surface area contributed by atoms with Gasteiger partial charge in [0.05, 0.1) is 19.3 Å². The molecule has 0 aliphatic carbocycles. The van der Waals surface area contributed by atoms with Gasteiger partial charge in [0.2, 0.25) is 0 Å². The molecule has 0 radical (unpaired) electrons. The normalized spacial score (nSPS) is 10.5. The average molecular weight is 415 g/mol. The van der Waals surface area contributed by atoms with E-state index in [0.29, 0.717) is 22.2 Å². The lowest BCUT2D eigenvalue weighted by molar-refractivity contribution is 0.0603. The van der Waals surface area contributed by atoms with E-state index in [1.807, 2.05) is 61.1 Å². The average Bonchev–Trinajstić information content (AvgIpc) is 3.30. The zero-order valence-corrected chi connectivity index (χ0v) is 17.6. The van der Waals surface area contributed by atoms with Crippen LogP contribution in [0, 0.1) is 6.92 Å². The number of hydrogen-bond acceptors (Lipinski definition) is 5. The van der Waals surface area contributed by atoms with Crippen LogP contribution >= 0.6 is 23.6 Å². The molecule has 0 spiro atoms. The Bertz CT molecular complexity index is 980. The third-order valence-electron chi connectivity index (χ3n) is 4.21. The summed E-state index contributed by atoms with van der Waals surface area (Å²) in [5, 5.41) is 11.8. The predicted molar refractivity (Wildman–Crippen MR) is 117 cm³/mol. The molecule has 2 N–H and O–H groups in total. The van der Waals surface area contributed by atoms with E-state index in [1.54, 1.807) is 0 Å². The number of nitrogens with one attached hydrogen (secondary N) is 2. The molecule has 0 bridgehead atoms. The van der Waals surface area contributed by atoms with E-state index in [4.69, 9.17) is 17.0 Å². The lowest BCUT2D eigenvalue weighted by Crippen LogP contribution is -2.28. The molecule has 0 saturated carbocycles. The van der Waals surface area contributed by atoms with Gasteiger partial charge in [-0.05, 0) is 37.7 Å². The first-order valence-corrected chi connectivity index (χ1v) is 10.1. The fourth-order valence-electron chi connectivity index (χ4n) is 2.87. The quantitative estimate of drug-likeness (QED) is 0.465. The van der Waals surface area contributed by atoms with Crippen molar-refractivity contribution in [1.82, 2.24) is 15.1 Å². The molecule has 0 amide bonds. The number of aryl methyl sites for hydroxylation is 2. The highest BCUT2D eigenvalue weighted by atomic mass is 32.1. The van der Waals surface area contributed by atoms with Crippen LogP contribution in [0.3, 0.4) is 0 Å². The van der Waals surface area contributed by atoms with Crippen molar-refractivity contribution >= 4 is 39.6 Å². The van der Waals surface area contributed by atoms with E-state index in [9.17, 15) is 4.79 Å². The van der Waals surface area contributed by atoms with Gasteiger partial charge < -0.3 is 15.4 Å². The highest BCUT2D eigenvalue weighted by molar-refractivity contribution is 7.80. The zero-order chi connectivity index (χ0) is 20.1. The molecule has 2 aromatic heterocycles. The minimum absolute atomic E-state index is 0.393. The molecule has 3 rings (SSSR count). The number of ether oxygens (including phenoxy) is 1. The number of anilines is 1. The summed E-state index contributed by atoms with van der Waals surface area (Å²) in [7, 11) is 1.38. The lowest BCUT2D eigenvalue weighted by atomic mass is 10.0. The molecule has 2 heterocycles. The molecule has 146 valence electrons. The fourth-order valence-corrected chi connectivity index (χ4v) is 4.18. The number of thiophene rings is 1. The molecule has 0 saturated heterocycles. The second-order valence-electron chi connectivity index (χ2n) is 6.07. The van der Waals surface area contributed by atoms with Crippen molar-refractivity contribution in [2.24, 2.45) is 0 Å². The number of hydrogen-bond donors (Lipinski definition) is 2. The van der Waals surface area contributed by atoms with Crippen LogP contribution in [0.25, 0.3) is 11.1 Å². The Morgan fingerprint density at radius 1 is 1.29 bits per heavy atom. The summed E-state index contributed by atoms with van der Waals surface area (Å²) in [5.41, 5.74) is 3.22. The molecular formula is C20H22N4O2S2. The number of carbonyl (C=O) groups is 1. The van der Waals surface area contributed by atoms with Gasteiger partial charge in [-0.1, -0.05) is 30.3 Å². The van der Waals surface area contributed by atoms with E-state index < -0.39 is 5.97 Å². The summed E-state index contributed by atoms with van der Waals surface area (Å²) in [6.45, 7) is 5.34. The lowest BCUT2D eigenvalue weighted by Gasteiger charge is -2.10. The number of carbonyl (C=O) groups excluding carboxylic acids is 1. The molecule has 0 aliphatic heterocycles. The highest BCUT2D eigenvalue weighted by Crippen LogP contribution is 2.40.